The van der Waals surface area contributed by atoms with E-state index in [-0.39, 0.29) is 18.6 Å². The molecular weight excluding hydrogens is 363 g/mol. The van der Waals surface area contributed by atoms with E-state index < -0.39 is 11.7 Å². The first-order chi connectivity index (χ1) is 12.9. The second-order valence-corrected chi connectivity index (χ2v) is 6.59. The highest BCUT2D eigenvalue weighted by Crippen LogP contribution is 2.41. The zero-order chi connectivity index (χ0) is 19.0. The molecule has 8 heteroatoms. The summed E-state index contributed by atoms with van der Waals surface area (Å²) in [4.78, 5) is 1.11. The number of benzene rings is 2. The van der Waals surface area contributed by atoms with E-state index in [0.717, 1.165) is 17.0 Å². The van der Waals surface area contributed by atoms with Crippen LogP contribution in [0.4, 0.5) is 13.2 Å². The van der Waals surface area contributed by atoms with Crippen LogP contribution >= 0.6 is 0 Å². The fourth-order valence-electron chi connectivity index (χ4n) is 3.60. The minimum Gasteiger partial charge on any atom is -0.507 e. The standard InChI is InChI=1S/C19H18F3NO4/c20-19(21,22)13-3-1-12(2-4-13)18(23-5-7-25-8-6-23)14-9-16-17(10-15(14)24)27-11-26-16/h1-4,9-10,18,24H,5-8,11H2/p+1/t18-/m1/s1. The molecule has 0 amide bonds. The highest BCUT2D eigenvalue weighted by molar-refractivity contribution is 5.53. The number of phenolic OH excluding ortho intramolecular Hbond substituents is 1. The van der Waals surface area contributed by atoms with Crippen molar-refractivity contribution in [1.82, 2.24) is 0 Å². The molecule has 2 N–H and O–H groups in total. The first-order valence-corrected chi connectivity index (χ1v) is 8.65. The molecule has 27 heavy (non-hydrogen) atoms. The molecule has 0 bridgehead atoms. The van der Waals surface area contributed by atoms with Gasteiger partial charge in [0.25, 0.3) is 0 Å². The number of hydrogen-bond donors (Lipinski definition) is 2. The number of aromatic hydroxyl groups is 1. The molecule has 0 saturated carbocycles. The van der Waals surface area contributed by atoms with Crippen LogP contribution < -0.4 is 14.4 Å². The van der Waals surface area contributed by atoms with Gasteiger partial charge in [0.2, 0.25) is 6.79 Å². The van der Waals surface area contributed by atoms with Gasteiger partial charge in [-0.1, -0.05) is 12.1 Å². The molecule has 1 saturated heterocycles. The predicted molar refractivity (Wildman–Crippen MR) is 89.0 cm³/mol. The fourth-order valence-corrected chi connectivity index (χ4v) is 3.60. The monoisotopic (exact) mass is 382 g/mol. The molecular formula is C19H19F3NO4+. The maximum Gasteiger partial charge on any atom is 0.416 e. The summed E-state index contributed by atoms with van der Waals surface area (Å²) in [6.07, 6.45) is -4.39. The van der Waals surface area contributed by atoms with Crippen LogP contribution in [0.15, 0.2) is 36.4 Å². The molecule has 0 spiro atoms. The topological polar surface area (TPSA) is 52.4 Å². The summed E-state index contributed by atoms with van der Waals surface area (Å²) in [5.74, 6) is 1.01. The number of alkyl halides is 3. The summed E-state index contributed by atoms with van der Waals surface area (Å²) in [6.45, 7) is 2.54. The second-order valence-electron chi connectivity index (χ2n) is 6.59. The Morgan fingerprint density at radius 2 is 1.59 bits per heavy atom. The lowest BCUT2D eigenvalue weighted by Gasteiger charge is -2.32. The van der Waals surface area contributed by atoms with Gasteiger partial charge in [0, 0.05) is 11.6 Å². The third-order valence-electron chi connectivity index (χ3n) is 4.95. The molecule has 0 unspecified atom stereocenters. The zero-order valence-electron chi connectivity index (χ0n) is 14.4. The Morgan fingerprint density at radius 1 is 0.963 bits per heavy atom. The van der Waals surface area contributed by atoms with Crippen molar-refractivity contribution < 1.29 is 37.4 Å². The molecule has 2 aliphatic heterocycles. The Bertz CT molecular complexity index is 817. The van der Waals surface area contributed by atoms with E-state index in [1.165, 1.54) is 18.2 Å². The van der Waals surface area contributed by atoms with Crippen LogP contribution in [0.25, 0.3) is 0 Å². The van der Waals surface area contributed by atoms with E-state index in [1.807, 2.05) is 0 Å². The van der Waals surface area contributed by atoms with E-state index in [0.29, 0.717) is 48.9 Å². The van der Waals surface area contributed by atoms with Gasteiger partial charge >= 0.3 is 6.18 Å². The van der Waals surface area contributed by atoms with E-state index in [4.69, 9.17) is 14.2 Å². The van der Waals surface area contributed by atoms with Gasteiger partial charge < -0.3 is 24.2 Å². The Labute approximate surface area is 153 Å². The summed E-state index contributed by atoms with van der Waals surface area (Å²) in [7, 11) is 0. The molecule has 1 fully saturated rings. The molecule has 4 rings (SSSR count). The number of halogens is 3. The van der Waals surface area contributed by atoms with Gasteiger partial charge in [-0.3, -0.25) is 0 Å². The smallest absolute Gasteiger partial charge is 0.416 e. The van der Waals surface area contributed by atoms with Crippen molar-refractivity contribution >= 4 is 0 Å². The van der Waals surface area contributed by atoms with Crippen molar-refractivity contribution in [3.63, 3.8) is 0 Å². The van der Waals surface area contributed by atoms with Crippen molar-refractivity contribution in [1.29, 1.82) is 0 Å². The highest BCUT2D eigenvalue weighted by atomic mass is 19.4. The third kappa shape index (κ3) is 3.54. The van der Waals surface area contributed by atoms with Crippen molar-refractivity contribution in [3.05, 3.63) is 53.1 Å². The van der Waals surface area contributed by atoms with E-state index in [1.54, 1.807) is 6.07 Å². The van der Waals surface area contributed by atoms with E-state index in [2.05, 4.69) is 0 Å². The number of rotatable bonds is 3. The van der Waals surface area contributed by atoms with Crippen molar-refractivity contribution in [2.24, 2.45) is 0 Å². The molecule has 2 aromatic carbocycles. The van der Waals surface area contributed by atoms with Crippen molar-refractivity contribution in [2.45, 2.75) is 12.2 Å². The molecule has 2 heterocycles. The predicted octanol–water partition coefficient (Wildman–Crippen LogP) is 2.14. The van der Waals surface area contributed by atoms with Gasteiger partial charge in [0.1, 0.15) is 24.9 Å². The number of phenols is 1. The molecule has 2 aliphatic rings. The molecule has 1 atom stereocenters. The van der Waals surface area contributed by atoms with E-state index in [9.17, 15) is 18.3 Å². The minimum absolute atomic E-state index is 0.0307. The summed E-state index contributed by atoms with van der Waals surface area (Å²) < 4.78 is 54.9. The number of nitrogens with one attached hydrogen (secondary N) is 1. The van der Waals surface area contributed by atoms with Crippen LogP contribution in [0.2, 0.25) is 0 Å². The van der Waals surface area contributed by atoms with Gasteiger partial charge in [-0.15, -0.1) is 0 Å². The van der Waals surface area contributed by atoms with E-state index >= 15 is 0 Å². The Balaban J connectivity index is 1.76. The van der Waals surface area contributed by atoms with Crippen molar-refractivity contribution in [2.75, 3.05) is 33.1 Å². The number of ether oxygens (including phenoxy) is 3. The quantitative estimate of drug-likeness (QED) is 0.854. The number of fused-ring (bicyclic) bond motifs is 1. The Morgan fingerprint density at radius 3 is 2.22 bits per heavy atom. The van der Waals surface area contributed by atoms with Gasteiger partial charge in [-0.2, -0.15) is 13.2 Å². The number of morpholine rings is 1. The normalized spacial score (nSPS) is 18.5. The fraction of sp³-hybridized carbons (Fsp3) is 0.368. The number of quaternary nitrogens is 1. The molecule has 5 nitrogen and oxygen atoms in total. The lowest BCUT2D eigenvalue weighted by atomic mass is 9.94. The zero-order valence-corrected chi connectivity index (χ0v) is 14.4. The average Bonchev–Trinajstić information content (AvgIpc) is 3.10. The largest absolute Gasteiger partial charge is 0.507 e. The van der Waals surface area contributed by atoms with Gasteiger partial charge in [-0.05, 0) is 18.2 Å². The second kappa shape index (κ2) is 6.94. The first kappa shape index (κ1) is 17.9. The lowest BCUT2D eigenvalue weighted by Crippen LogP contribution is -3.14. The third-order valence-corrected chi connectivity index (χ3v) is 4.95. The maximum absolute atomic E-state index is 12.9. The molecule has 0 radical (unpaired) electrons. The van der Waals surface area contributed by atoms with Gasteiger partial charge in [0.05, 0.1) is 24.3 Å². The SMILES string of the molecule is Oc1cc2c(cc1[C@@H](c1ccc(C(F)(F)F)cc1)[NH+]1CCOCC1)OCO2. The van der Waals surface area contributed by atoms with Crippen LogP contribution in [0.3, 0.4) is 0 Å². The summed E-state index contributed by atoms with van der Waals surface area (Å²) in [5, 5.41) is 10.6. The first-order valence-electron chi connectivity index (χ1n) is 8.65. The lowest BCUT2D eigenvalue weighted by molar-refractivity contribution is -0.933. The molecule has 0 aliphatic carbocycles. The van der Waals surface area contributed by atoms with Gasteiger partial charge in [-0.25, -0.2) is 0 Å². The Kier molecular flexibility index (Phi) is 4.61. The number of hydrogen-bond acceptors (Lipinski definition) is 4. The van der Waals surface area contributed by atoms with Crippen LogP contribution in [-0.2, 0) is 10.9 Å². The highest BCUT2D eigenvalue weighted by Gasteiger charge is 2.34. The average molecular weight is 382 g/mol. The van der Waals surface area contributed by atoms with Crippen LogP contribution in [0, 0.1) is 0 Å². The van der Waals surface area contributed by atoms with Gasteiger partial charge in [0.15, 0.2) is 11.5 Å². The summed E-state index contributed by atoms with van der Waals surface area (Å²) >= 11 is 0. The molecule has 144 valence electrons. The molecule has 2 aromatic rings. The molecule has 0 aromatic heterocycles. The maximum atomic E-state index is 12.9. The van der Waals surface area contributed by atoms with Crippen LogP contribution in [0.1, 0.15) is 22.7 Å². The minimum atomic E-state index is -4.39. The van der Waals surface area contributed by atoms with Crippen LogP contribution in [0.5, 0.6) is 17.2 Å². The van der Waals surface area contributed by atoms with Crippen LogP contribution in [-0.4, -0.2) is 38.2 Å². The summed E-state index contributed by atoms with van der Waals surface area (Å²) in [5.41, 5.74) is 0.585. The summed E-state index contributed by atoms with van der Waals surface area (Å²) in [6, 6.07) is 7.96. The Hall–Kier alpha value is -2.45. The van der Waals surface area contributed by atoms with Crippen molar-refractivity contribution in [3.8, 4) is 17.2 Å².